The van der Waals surface area contributed by atoms with Gasteiger partial charge in [-0.2, -0.15) is 0 Å². The molecular formula is C15H13ClFNO3S2. The highest BCUT2D eigenvalue weighted by Gasteiger charge is 2.36. The van der Waals surface area contributed by atoms with Gasteiger partial charge in [0.15, 0.2) is 9.84 Å². The molecule has 0 radical (unpaired) electrons. The SMILES string of the molecule is O=C(c1ccc(Cl)c(F)c1)N1CCS(=O)(=O)[C@H](c2cccs2)C1. The molecule has 2 heterocycles. The highest BCUT2D eigenvalue weighted by molar-refractivity contribution is 7.91. The summed E-state index contributed by atoms with van der Waals surface area (Å²) in [4.78, 5) is 14.7. The number of hydrogen-bond acceptors (Lipinski definition) is 4. The molecule has 1 aromatic heterocycles. The minimum absolute atomic E-state index is 0.0563. The molecule has 1 fully saturated rings. The summed E-state index contributed by atoms with van der Waals surface area (Å²) >= 11 is 6.97. The fourth-order valence-electron chi connectivity index (χ4n) is 2.52. The lowest BCUT2D eigenvalue weighted by molar-refractivity contribution is 0.0758. The Morgan fingerprint density at radius 2 is 2.13 bits per heavy atom. The Hall–Kier alpha value is -1.44. The molecular weight excluding hydrogens is 361 g/mol. The van der Waals surface area contributed by atoms with Gasteiger partial charge in [-0.25, -0.2) is 12.8 Å². The van der Waals surface area contributed by atoms with Crippen molar-refractivity contribution in [1.29, 1.82) is 0 Å². The summed E-state index contributed by atoms with van der Waals surface area (Å²) in [5.41, 5.74) is 0.163. The molecule has 2 aromatic rings. The highest BCUT2D eigenvalue weighted by atomic mass is 35.5. The van der Waals surface area contributed by atoms with E-state index in [2.05, 4.69) is 0 Å². The second kappa shape index (κ2) is 6.22. The molecule has 1 saturated heterocycles. The van der Waals surface area contributed by atoms with Crippen LogP contribution in [0.5, 0.6) is 0 Å². The number of carbonyl (C=O) groups is 1. The fraction of sp³-hybridized carbons (Fsp3) is 0.267. The van der Waals surface area contributed by atoms with Gasteiger partial charge < -0.3 is 4.90 Å². The number of benzene rings is 1. The Morgan fingerprint density at radius 3 is 2.78 bits per heavy atom. The van der Waals surface area contributed by atoms with Gasteiger partial charge in [0.25, 0.3) is 5.91 Å². The van der Waals surface area contributed by atoms with Crippen molar-refractivity contribution in [2.45, 2.75) is 5.25 Å². The maximum Gasteiger partial charge on any atom is 0.254 e. The second-order valence-corrected chi connectivity index (χ2v) is 8.94. The van der Waals surface area contributed by atoms with Gasteiger partial charge in [0.05, 0.1) is 10.8 Å². The molecule has 1 aliphatic heterocycles. The summed E-state index contributed by atoms with van der Waals surface area (Å²) in [7, 11) is -3.29. The zero-order valence-electron chi connectivity index (χ0n) is 11.9. The number of amides is 1. The lowest BCUT2D eigenvalue weighted by atomic mass is 10.2. The second-order valence-electron chi connectivity index (χ2n) is 5.25. The number of nitrogens with zero attached hydrogens (tertiary/aromatic N) is 1. The number of thiophene rings is 1. The summed E-state index contributed by atoms with van der Waals surface area (Å²) in [6.45, 7) is 0.180. The summed E-state index contributed by atoms with van der Waals surface area (Å²) in [5.74, 6) is -1.16. The molecule has 0 unspecified atom stereocenters. The third kappa shape index (κ3) is 3.27. The molecule has 4 nitrogen and oxygen atoms in total. The highest BCUT2D eigenvalue weighted by Crippen LogP contribution is 2.31. The molecule has 0 aliphatic carbocycles. The van der Waals surface area contributed by atoms with Crippen molar-refractivity contribution in [2.24, 2.45) is 0 Å². The molecule has 0 spiro atoms. The zero-order chi connectivity index (χ0) is 16.6. The molecule has 0 bridgehead atoms. The quantitative estimate of drug-likeness (QED) is 0.812. The van der Waals surface area contributed by atoms with Crippen LogP contribution in [0.1, 0.15) is 20.5 Å². The van der Waals surface area contributed by atoms with Crippen LogP contribution in [0.15, 0.2) is 35.7 Å². The van der Waals surface area contributed by atoms with Gasteiger partial charge in [-0.15, -0.1) is 11.3 Å². The van der Waals surface area contributed by atoms with Gasteiger partial charge in [-0.1, -0.05) is 17.7 Å². The summed E-state index contributed by atoms with van der Waals surface area (Å²) in [5, 5.41) is 1.02. The average molecular weight is 374 g/mol. The summed E-state index contributed by atoms with van der Waals surface area (Å²) < 4.78 is 38.1. The normalized spacial score (nSPS) is 20.4. The van der Waals surface area contributed by atoms with E-state index in [9.17, 15) is 17.6 Å². The van der Waals surface area contributed by atoms with Gasteiger partial charge >= 0.3 is 0 Å². The first kappa shape index (κ1) is 16.4. The third-order valence-electron chi connectivity index (χ3n) is 3.78. The van der Waals surface area contributed by atoms with Crippen molar-refractivity contribution in [3.05, 3.63) is 57.0 Å². The summed E-state index contributed by atoms with van der Waals surface area (Å²) in [6, 6.07) is 7.38. The summed E-state index contributed by atoms with van der Waals surface area (Å²) in [6.07, 6.45) is 0. The number of sulfone groups is 1. The zero-order valence-corrected chi connectivity index (χ0v) is 14.3. The van der Waals surface area contributed by atoms with Crippen LogP contribution in [0.25, 0.3) is 0 Å². The van der Waals surface area contributed by atoms with Crippen LogP contribution in [0.4, 0.5) is 4.39 Å². The van der Waals surface area contributed by atoms with Crippen LogP contribution in [0.3, 0.4) is 0 Å². The Balaban J connectivity index is 1.86. The minimum Gasteiger partial charge on any atom is -0.336 e. The lowest BCUT2D eigenvalue weighted by Crippen LogP contribution is -2.45. The first-order valence-electron chi connectivity index (χ1n) is 6.88. The van der Waals surface area contributed by atoms with E-state index in [1.807, 2.05) is 0 Å². The van der Waals surface area contributed by atoms with E-state index in [1.165, 1.54) is 28.4 Å². The number of halogens is 2. The van der Waals surface area contributed by atoms with Crippen molar-refractivity contribution >= 4 is 38.7 Å². The van der Waals surface area contributed by atoms with Crippen LogP contribution in [-0.2, 0) is 9.84 Å². The van der Waals surface area contributed by atoms with E-state index < -0.39 is 26.8 Å². The van der Waals surface area contributed by atoms with Crippen molar-refractivity contribution in [2.75, 3.05) is 18.8 Å². The van der Waals surface area contributed by atoms with E-state index in [1.54, 1.807) is 17.5 Å². The van der Waals surface area contributed by atoms with Crippen LogP contribution >= 0.6 is 22.9 Å². The van der Waals surface area contributed by atoms with Gasteiger partial charge in [-0.05, 0) is 29.6 Å². The first-order valence-corrected chi connectivity index (χ1v) is 9.85. The van der Waals surface area contributed by atoms with Crippen LogP contribution in [-0.4, -0.2) is 38.1 Å². The van der Waals surface area contributed by atoms with E-state index in [0.29, 0.717) is 4.88 Å². The standard InChI is InChI=1S/C15H13ClFNO3S2/c16-11-4-3-10(8-12(11)17)15(19)18-5-7-23(20,21)14(9-18)13-2-1-6-22-13/h1-4,6,8,14H,5,7,9H2/t14-/m0/s1. The van der Waals surface area contributed by atoms with E-state index >= 15 is 0 Å². The monoisotopic (exact) mass is 373 g/mol. The fourth-order valence-corrected chi connectivity index (χ4v) is 5.54. The first-order chi connectivity index (χ1) is 10.9. The predicted molar refractivity (Wildman–Crippen MR) is 88.2 cm³/mol. The Morgan fingerprint density at radius 1 is 1.35 bits per heavy atom. The minimum atomic E-state index is -3.29. The van der Waals surface area contributed by atoms with Crippen LogP contribution in [0, 0.1) is 5.82 Å². The third-order valence-corrected chi connectivity index (χ3v) is 7.24. The molecule has 1 aliphatic rings. The van der Waals surface area contributed by atoms with Gasteiger partial charge in [0.2, 0.25) is 0 Å². The van der Waals surface area contributed by atoms with Crippen molar-refractivity contribution < 1.29 is 17.6 Å². The van der Waals surface area contributed by atoms with E-state index in [-0.39, 0.29) is 29.4 Å². The molecule has 1 amide bonds. The lowest BCUT2D eigenvalue weighted by Gasteiger charge is -2.32. The van der Waals surface area contributed by atoms with E-state index in [4.69, 9.17) is 11.6 Å². The number of rotatable bonds is 2. The Bertz CT molecular complexity index is 836. The molecule has 0 N–H and O–H groups in total. The Labute approximate surface area is 142 Å². The molecule has 1 atom stereocenters. The average Bonchev–Trinajstić information content (AvgIpc) is 3.03. The molecule has 3 rings (SSSR count). The van der Waals surface area contributed by atoms with Gasteiger partial charge in [0, 0.05) is 23.5 Å². The smallest absolute Gasteiger partial charge is 0.254 e. The largest absolute Gasteiger partial charge is 0.336 e. The molecule has 8 heteroatoms. The number of carbonyl (C=O) groups excluding carboxylic acids is 1. The number of hydrogen-bond donors (Lipinski definition) is 0. The van der Waals surface area contributed by atoms with Crippen molar-refractivity contribution in [1.82, 2.24) is 4.90 Å². The maximum atomic E-state index is 13.5. The van der Waals surface area contributed by atoms with Crippen LogP contribution in [0.2, 0.25) is 5.02 Å². The molecule has 23 heavy (non-hydrogen) atoms. The van der Waals surface area contributed by atoms with E-state index in [0.717, 1.165) is 6.07 Å². The van der Waals surface area contributed by atoms with Crippen molar-refractivity contribution in [3.8, 4) is 0 Å². The van der Waals surface area contributed by atoms with Gasteiger partial charge in [0.1, 0.15) is 11.1 Å². The molecule has 122 valence electrons. The predicted octanol–water partition coefficient (Wildman–Crippen LogP) is 3.15. The molecule has 1 aromatic carbocycles. The Kier molecular flexibility index (Phi) is 4.44. The topological polar surface area (TPSA) is 54.5 Å². The van der Waals surface area contributed by atoms with Crippen LogP contribution < -0.4 is 0 Å². The van der Waals surface area contributed by atoms with Gasteiger partial charge in [-0.3, -0.25) is 4.79 Å². The van der Waals surface area contributed by atoms with Crippen molar-refractivity contribution in [3.63, 3.8) is 0 Å². The molecule has 0 saturated carbocycles. The maximum absolute atomic E-state index is 13.5.